The lowest BCUT2D eigenvalue weighted by Crippen LogP contribution is -2.25. The first-order valence-electron chi connectivity index (χ1n) is 8.26. The maximum atomic E-state index is 12.6. The zero-order chi connectivity index (χ0) is 19.6. The van der Waals surface area contributed by atoms with E-state index in [4.69, 9.17) is 16.3 Å². The van der Waals surface area contributed by atoms with Crippen LogP contribution in [0.1, 0.15) is 30.2 Å². The topological polar surface area (TPSA) is 80.9 Å². The average Bonchev–Trinajstić information content (AvgIpc) is 2.98. The van der Waals surface area contributed by atoms with Gasteiger partial charge in [0.25, 0.3) is 5.91 Å². The molecule has 1 amide bonds. The van der Waals surface area contributed by atoms with Crippen LogP contribution in [0, 0.1) is 0 Å². The Balaban J connectivity index is 2.19. The molecule has 140 valence electrons. The van der Waals surface area contributed by atoms with E-state index in [-0.39, 0.29) is 0 Å². The molecule has 0 aliphatic carbocycles. The molecule has 1 heterocycles. The Bertz CT molecular complexity index is 1090. The summed E-state index contributed by atoms with van der Waals surface area (Å²) in [6, 6.07) is 10.9. The van der Waals surface area contributed by atoms with E-state index in [0.29, 0.717) is 33.3 Å². The van der Waals surface area contributed by atoms with E-state index in [2.05, 4.69) is 4.99 Å². The first-order chi connectivity index (χ1) is 12.9. The van der Waals surface area contributed by atoms with Crippen molar-refractivity contribution in [1.82, 2.24) is 4.57 Å². The Kier molecular flexibility index (Phi) is 5.62. The highest BCUT2D eigenvalue weighted by Gasteiger charge is 2.19. The van der Waals surface area contributed by atoms with Gasteiger partial charge in [-0.15, -0.1) is 0 Å². The first-order valence-corrected chi connectivity index (χ1v) is 9.45. The van der Waals surface area contributed by atoms with Gasteiger partial charge in [-0.2, -0.15) is 4.99 Å². The zero-order valence-electron chi connectivity index (χ0n) is 14.7. The number of hydrogen-bond donors (Lipinski definition) is 1. The van der Waals surface area contributed by atoms with Gasteiger partial charge in [0.2, 0.25) is 0 Å². The van der Waals surface area contributed by atoms with Gasteiger partial charge >= 0.3 is 5.97 Å². The quantitative estimate of drug-likeness (QED) is 0.692. The third kappa shape index (κ3) is 4.04. The minimum atomic E-state index is -1.01. The third-order valence-corrected chi connectivity index (χ3v) is 5.18. The normalized spacial score (nSPS) is 12.9. The summed E-state index contributed by atoms with van der Waals surface area (Å²) < 4.78 is 7.83. The van der Waals surface area contributed by atoms with Crippen LogP contribution in [-0.4, -0.2) is 28.2 Å². The summed E-state index contributed by atoms with van der Waals surface area (Å²) in [5, 5.41) is 9.91. The summed E-state index contributed by atoms with van der Waals surface area (Å²) in [5.74, 6) is -0.824. The summed E-state index contributed by atoms with van der Waals surface area (Å²) in [6.07, 6.45) is 0. The Morgan fingerprint density at radius 2 is 2.07 bits per heavy atom. The smallest absolute Gasteiger partial charge is 0.326 e. The van der Waals surface area contributed by atoms with E-state index in [1.165, 1.54) is 17.4 Å². The molecule has 0 aliphatic heterocycles. The fourth-order valence-corrected chi connectivity index (χ4v) is 3.93. The lowest BCUT2D eigenvalue weighted by atomic mass is 10.2. The van der Waals surface area contributed by atoms with Crippen LogP contribution in [0.4, 0.5) is 0 Å². The number of amides is 1. The number of carbonyl (C=O) groups is 2. The summed E-state index contributed by atoms with van der Waals surface area (Å²) in [5.41, 5.74) is 1.01. The Morgan fingerprint density at radius 1 is 1.30 bits per heavy atom. The summed E-state index contributed by atoms with van der Waals surface area (Å²) >= 11 is 7.17. The van der Waals surface area contributed by atoms with Crippen molar-refractivity contribution in [2.75, 3.05) is 6.61 Å². The van der Waals surface area contributed by atoms with Gasteiger partial charge < -0.3 is 14.4 Å². The largest absolute Gasteiger partial charge is 0.494 e. The van der Waals surface area contributed by atoms with Crippen molar-refractivity contribution in [3.63, 3.8) is 0 Å². The highest BCUT2D eigenvalue weighted by atomic mass is 35.5. The van der Waals surface area contributed by atoms with Crippen molar-refractivity contribution in [1.29, 1.82) is 0 Å². The molecule has 3 aromatic rings. The van der Waals surface area contributed by atoms with E-state index >= 15 is 0 Å². The molecule has 0 bridgehead atoms. The molecule has 27 heavy (non-hydrogen) atoms. The van der Waals surface area contributed by atoms with Crippen LogP contribution in [0.15, 0.2) is 47.5 Å². The van der Waals surface area contributed by atoms with Gasteiger partial charge in [-0.3, -0.25) is 4.79 Å². The van der Waals surface area contributed by atoms with Crippen molar-refractivity contribution >= 4 is 45.0 Å². The molecule has 1 atom stereocenters. The van der Waals surface area contributed by atoms with Gasteiger partial charge in [-0.05, 0) is 50.2 Å². The molecular weight excluding hydrogens is 388 g/mol. The highest BCUT2D eigenvalue weighted by molar-refractivity contribution is 7.16. The standard InChI is InChI=1S/C19H17ClN2O4S/c1-3-26-14-7-8-15-16(10-14)27-19(22(15)11(2)18(24)25)21-17(23)12-5-4-6-13(20)9-12/h4-11H,3H2,1-2H3,(H,24,25)/b21-19-. The molecule has 0 saturated heterocycles. The monoisotopic (exact) mass is 404 g/mol. The number of benzene rings is 2. The fraction of sp³-hybridized carbons (Fsp3) is 0.211. The molecule has 0 saturated carbocycles. The number of carboxylic acids is 1. The molecule has 0 radical (unpaired) electrons. The van der Waals surface area contributed by atoms with Crippen LogP contribution in [0.3, 0.4) is 0 Å². The average molecular weight is 405 g/mol. The van der Waals surface area contributed by atoms with Gasteiger partial charge in [-0.25, -0.2) is 4.79 Å². The SMILES string of the molecule is CCOc1ccc2c(c1)s/c(=N\C(=O)c1cccc(Cl)c1)n2C(C)C(=O)O. The van der Waals surface area contributed by atoms with E-state index in [1.807, 2.05) is 13.0 Å². The molecule has 0 aliphatic rings. The number of fused-ring (bicyclic) bond motifs is 1. The number of carbonyl (C=O) groups excluding carboxylic acids is 1. The second-order valence-electron chi connectivity index (χ2n) is 5.76. The van der Waals surface area contributed by atoms with Crippen LogP contribution >= 0.6 is 22.9 Å². The number of ether oxygens (including phenoxy) is 1. The van der Waals surface area contributed by atoms with Crippen molar-refractivity contribution in [3.8, 4) is 5.75 Å². The Hall–Kier alpha value is -2.64. The summed E-state index contributed by atoms with van der Waals surface area (Å²) in [4.78, 5) is 28.6. The van der Waals surface area contributed by atoms with Crippen LogP contribution in [0.5, 0.6) is 5.75 Å². The minimum Gasteiger partial charge on any atom is -0.494 e. The second kappa shape index (κ2) is 7.94. The maximum Gasteiger partial charge on any atom is 0.326 e. The number of halogens is 1. The summed E-state index contributed by atoms with van der Waals surface area (Å²) in [6.45, 7) is 3.95. The Labute approximate surface area is 164 Å². The number of carboxylic acid groups (broad SMARTS) is 1. The lowest BCUT2D eigenvalue weighted by Gasteiger charge is -2.10. The second-order valence-corrected chi connectivity index (χ2v) is 7.20. The lowest BCUT2D eigenvalue weighted by molar-refractivity contribution is -0.140. The molecule has 1 N–H and O–H groups in total. The predicted octanol–water partition coefficient (Wildman–Crippen LogP) is 4.14. The molecule has 0 spiro atoms. The van der Waals surface area contributed by atoms with Crippen LogP contribution in [-0.2, 0) is 4.79 Å². The van der Waals surface area contributed by atoms with E-state index in [9.17, 15) is 14.7 Å². The minimum absolute atomic E-state index is 0.304. The predicted molar refractivity (Wildman–Crippen MR) is 105 cm³/mol. The fourth-order valence-electron chi connectivity index (χ4n) is 2.62. The molecule has 3 rings (SSSR count). The van der Waals surface area contributed by atoms with Gasteiger partial charge in [0, 0.05) is 10.6 Å². The van der Waals surface area contributed by atoms with Crippen LogP contribution in [0.2, 0.25) is 5.02 Å². The van der Waals surface area contributed by atoms with E-state index in [1.54, 1.807) is 41.8 Å². The maximum absolute atomic E-state index is 12.6. The highest BCUT2D eigenvalue weighted by Crippen LogP contribution is 2.26. The zero-order valence-corrected chi connectivity index (χ0v) is 16.3. The van der Waals surface area contributed by atoms with Crippen LogP contribution in [0.25, 0.3) is 10.2 Å². The van der Waals surface area contributed by atoms with E-state index in [0.717, 1.165) is 4.70 Å². The molecule has 6 nitrogen and oxygen atoms in total. The third-order valence-electron chi connectivity index (χ3n) is 3.92. The van der Waals surface area contributed by atoms with Crippen LogP contribution < -0.4 is 9.54 Å². The number of rotatable bonds is 5. The van der Waals surface area contributed by atoms with Gasteiger partial charge in [0.05, 0.1) is 16.8 Å². The van der Waals surface area contributed by atoms with Gasteiger partial charge in [0.1, 0.15) is 11.8 Å². The van der Waals surface area contributed by atoms with Gasteiger partial charge in [-0.1, -0.05) is 29.0 Å². The number of aliphatic carboxylic acids is 1. The van der Waals surface area contributed by atoms with Crippen molar-refractivity contribution in [2.24, 2.45) is 4.99 Å². The molecular formula is C19H17ClN2O4S. The first kappa shape index (κ1) is 19.1. The molecule has 2 aromatic carbocycles. The molecule has 1 unspecified atom stereocenters. The number of thiazole rings is 1. The molecule has 1 aromatic heterocycles. The number of aromatic nitrogens is 1. The number of nitrogens with zero attached hydrogens (tertiary/aromatic N) is 2. The Morgan fingerprint density at radius 3 is 2.74 bits per heavy atom. The molecule has 0 fully saturated rings. The summed E-state index contributed by atoms with van der Waals surface area (Å²) in [7, 11) is 0. The van der Waals surface area contributed by atoms with Crippen molar-refractivity contribution < 1.29 is 19.4 Å². The van der Waals surface area contributed by atoms with E-state index < -0.39 is 17.9 Å². The number of hydrogen-bond acceptors (Lipinski definition) is 4. The van der Waals surface area contributed by atoms with Crippen molar-refractivity contribution in [3.05, 3.63) is 57.9 Å². The van der Waals surface area contributed by atoms with Crippen molar-refractivity contribution in [2.45, 2.75) is 19.9 Å². The molecule has 8 heteroatoms. The van der Waals surface area contributed by atoms with Gasteiger partial charge in [0.15, 0.2) is 4.80 Å².